The van der Waals surface area contributed by atoms with Crippen molar-refractivity contribution in [3.05, 3.63) is 58.6 Å². The number of carbonyl (C=O) groups is 2. The van der Waals surface area contributed by atoms with Crippen LogP contribution in [0, 0.1) is 0 Å². The second-order valence-corrected chi connectivity index (χ2v) is 6.80. The molecule has 2 N–H and O–H groups in total. The molecule has 1 heterocycles. The van der Waals surface area contributed by atoms with Crippen LogP contribution < -0.4 is 10.6 Å². The van der Waals surface area contributed by atoms with E-state index in [1.807, 2.05) is 18.2 Å². The third-order valence-corrected chi connectivity index (χ3v) is 4.71. The lowest BCUT2D eigenvalue weighted by Crippen LogP contribution is -2.41. The number of carbonyl (C=O) groups excluding carboxylic acids is 2. The van der Waals surface area contributed by atoms with E-state index in [9.17, 15) is 9.59 Å². The summed E-state index contributed by atoms with van der Waals surface area (Å²) in [7, 11) is 0. The molecule has 1 aliphatic rings. The molecule has 0 radical (unpaired) electrons. The lowest BCUT2D eigenvalue weighted by Gasteiger charge is -2.25. The number of hydrogen-bond donors (Lipinski definition) is 2. The molecule has 7 heteroatoms. The highest BCUT2D eigenvalue weighted by Crippen LogP contribution is 2.19. The Morgan fingerprint density at radius 3 is 2.23 bits per heavy atom. The van der Waals surface area contributed by atoms with Gasteiger partial charge in [0, 0.05) is 28.9 Å². The highest BCUT2D eigenvalue weighted by molar-refractivity contribution is 9.10. The smallest absolute Gasteiger partial charge is 0.256 e. The van der Waals surface area contributed by atoms with Gasteiger partial charge in [0.25, 0.3) is 5.91 Å². The first-order chi connectivity index (χ1) is 12.6. The number of benzene rings is 2. The van der Waals surface area contributed by atoms with Gasteiger partial charge >= 0.3 is 0 Å². The van der Waals surface area contributed by atoms with Gasteiger partial charge in [-0.05, 0) is 52.3 Å². The molecule has 0 aliphatic carbocycles. The number of nitrogens with one attached hydrogen (secondary N) is 2. The van der Waals surface area contributed by atoms with Crippen molar-refractivity contribution < 1.29 is 14.3 Å². The standard InChI is InChI=1S/C19H20BrN3O3/c20-17-4-2-1-3-16(17)19(25)22-15-7-5-14(6-8-15)21-18(24)13-23-9-11-26-12-10-23/h1-8H,9-13H2,(H,21,24)(H,22,25). The highest BCUT2D eigenvalue weighted by atomic mass is 79.9. The fraction of sp³-hybridized carbons (Fsp3) is 0.263. The molecule has 0 spiro atoms. The molecule has 0 unspecified atom stereocenters. The number of morpholine rings is 1. The first kappa shape index (κ1) is 18.6. The second-order valence-electron chi connectivity index (χ2n) is 5.95. The Bertz CT molecular complexity index is 774. The number of ether oxygens (including phenoxy) is 1. The normalized spacial score (nSPS) is 14.7. The molecule has 1 saturated heterocycles. The minimum Gasteiger partial charge on any atom is -0.379 e. The maximum Gasteiger partial charge on any atom is 0.256 e. The van der Waals surface area contributed by atoms with Crippen molar-refractivity contribution in [2.75, 3.05) is 43.5 Å². The zero-order chi connectivity index (χ0) is 18.4. The summed E-state index contributed by atoms with van der Waals surface area (Å²) < 4.78 is 6.01. The van der Waals surface area contributed by atoms with Crippen LogP contribution in [-0.4, -0.2) is 49.6 Å². The van der Waals surface area contributed by atoms with Crippen molar-refractivity contribution >= 4 is 39.1 Å². The van der Waals surface area contributed by atoms with Gasteiger partial charge in [-0.25, -0.2) is 0 Å². The van der Waals surface area contributed by atoms with Crippen LogP contribution in [0.5, 0.6) is 0 Å². The molecule has 1 aliphatic heterocycles. The molecule has 0 saturated carbocycles. The van der Waals surface area contributed by atoms with E-state index in [0.29, 0.717) is 36.7 Å². The fourth-order valence-electron chi connectivity index (χ4n) is 2.64. The molecule has 1 fully saturated rings. The Morgan fingerprint density at radius 1 is 0.962 bits per heavy atom. The van der Waals surface area contributed by atoms with Crippen LogP contribution in [-0.2, 0) is 9.53 Å². The van der Waals surface area contributed by atoms with Crippen LogP contribution in [0.3, 0.4) is 0 Å². The zero-order valence-corrected chi connectivity index (χ0v) is 15.8. The van der Waals surface area contributed by atoms with E-state index >= 15 is 0 Å². The molecule has 0 atom stereocenters. The van der Waals surface area contributed by atoms with Gasteiger partial charge in [0.1, 0.15) is 0 Å². The van der Waals surface area contributed by atoms with E-state index in [2.05, 4.69) is 31.5 Å². The Morgan fingerprint density at radius 2 is 1.58 bits per heavy atom. The number of anilines is 2. The van der Waals surface area contributed by atoms with Crippen LogP contribution in [0.15, 0.2) is 53.0 Å². The Hall–Kier alpha value is -2.22. The predicted octanol–water partition coefficient (Wildman–Crippen LogP) is 2.97. The minimum absolute atomic E-state index is 0.0584. The summed E-state index contributed by atoms with van der Waals surface area (Å²) in [4.78, 5) is 26.5. The Labute approximate surface area is 160 Å². The Balaban J connectivity index is 1.54. The van der Waals surface area contributed by atoms with Gasteiger partial charge in [0.05, 0.1) is 25.3 Å². The lowest BCUT2D eigenvalue weighted by atomic mass is 10.2. The fourth-order valence-corrected chi connectivity index (χ4v) is 3.11. The molecule has 2 aromatic carbocycles. The van der Waals surface area contributed by atoms with Crippen LogP contribution in [0.1, 0.15) is 10.4 Å². The quantitative estimate of drug-likeness (QED) is 0.784. The average Bonchev–Trinajstić information content (AvgIpc) is 2.64. The van der Waals surface area contributed by atoms with Crippen LogP contribution >= 0.6 is 15.9 Å². The summed E-state index contributed by atoms with van der Waals surface area (Å²) in [5, 5.41) is 5.71. The van der Waals surface area contributed by atoms with Gasteiger partial charge in [0.2, 0.25) is 5.91 Å². The van der Waals surface area contributed by atoms with Gasteiger partial charge in [-0.2, -0.15) is 0 Å². The monoisotopic (exact) mass is 417 g/mol. The molecular formula is C19H20BrN3O3. The van der Waals surface area contributed by atoms with Gasteiger partial charge in [0.15, 0.2) is 0 Å². The van der Waals surface area contributed by atoms with Crippen molar-refractivity contribution in [3.63, 3.8) is 0 Å². The van der Waals surface area contributed by atoms with Gasteiger partial charge in [-0.3, -0.25) is 14.5 Å². The first-order valence-electron chi connectivity index (χ1n) is 8.38. The van der Waals surface area contributed by atoms with E-state index in [4.69, 9.17) is 4.74 Å². The summed E-state index contributed by atoms with van der Waals surface area (Å²) in [6.07, 6.45) is 0. The molecule has 3 rings (SSSR count). The molecule has 2 amide bonds. The predicted molar refractivity (Wildman–Crippen MR) is 104 cm³/mol. The van der Waals surface area contributed by atoms with Crippen molar-refractivity contribution in [1.82, 2.24) is 4.90 Å². The number of amides is 2. The van der Waals surface area contributed by atoms with Crippen molar-refractivity contribution in [1.29, 1.82) is 0 Å². The molecule has 0 aromatic heterocycles. The maximum atomic E-state index is 12.3. The van der Waals surface area contributed by atoms with Crippen LogP contribution in [0.2, 0.25) is 0 Å². The van der Waals surface area contributed by atoms with Crippen molar-refractivity contribution in [2.24, 2.45) is 0 Å². The van der Waals surface area contributed by atoms with Gasteiger partial charge in [-0.15, -0.1) is 0 Å². The van der Waals surface area contributed by atoms with E-state index in [-0.39, 0.29) is 11.8 Å². The highest BCUT2D eigenvalue weighted by Gasteiger charge is 2.14. The number of halogens is 1. The zero-order valence-electron chi connectivity index (χ0n) is 14.2. The Kier molecular flexibility index (Phi) is 6.38. The van der Waals surface area contributed by atoms with E-state index in [1.54, 1.807) is 30.3 Å². The topological polar surface area (TPSA) is 70.7 Å². The third kappa shape index (κ3) is 5.14. The van der Waals surface area contributed by atoms with E-state index in [1.165, 1.54) is 0 Å². The number of rotatable bonds is 5. The minimum atomic E-state index is -0.193. The summed E-state index contributed by atoms with van der Waals surface area (Å²) in [6.45, 7) is 3.23. The lowest BCUT2D eigenvalue weighted by molar-refractivity contribution is -0.118. The summed E-state index contributed by atoms with van der Waals surface area (Å²) in [5.74, 6) is -0.251. The molecule has 26 heavy (non-hydrogen) atoms. The molecule has 2 aromatic rings. The first-order valence-corrected chi connectivity index (χ1v) is 9.17. The van der Waals surface area contributed by atoms with Crippen LogP contribution in [0.25, 0.3) is 0 Å². The number of nitrogens with zero attached hydrogens (tertiary/aromatic N) is 1. The van der Waals surface area contributed by atoms with Gasteiger partial charge in [-0.1, -0.05) is 12.1 Å². The van der Waals surface area contributed by atoms with Crippen LogP contribution in [0.4, 0.5) is 11.4 Å². The van der Waals surface area contributed by atoms with E-state index in [0.717, 1.165) is 17.6 Å². The molecule has 0 bridgehead atoms. The third-order valence-electron chi connectivity index (χ3n) is 4.02. The average molecular weight is 418 g/mol. The number of hydrogen-bond acceptors (Lipinski definition) is 4. The molecular weight excluding hydrogens is 398 g/mol. The van der Waals surface area contributed by atoms with Crippen molar-refractivity contribution in [3.8, 4) is 0 Å². The molecule has 6 nitrogen and oxygen atoms in total. The molecule has 136 valence electrons. The summed E-state index contributed by atoms with van der Waals surface area (Å²) >= 11 is 3.37. The largest absolute Gasteiger partial charge is 0.379 e. The second kappa shape index (κ2) is 8.93. The SMILES string of the molecule is O=C(CN1CCOCC1)Nc1ccc(NC(=O)c2ccccc2Br)cc1. The van der Waals surface area contributed by atoms with Gasteiger partial charge < -0.3 is 15.4 Å². The van der Waals surface area contributed by atoms with E-state index < -0.39 is 0 Å². The summed E-state index contributed by atoms with van der Waals surface area (Å²) in [5.41, 5.74) is 1.93. The maximum absolute atomic E-state index is 12.3. The summed E-state index contributed by atoms with van der Waals surface area (Å²) in [6, 6.07) is 14.3. The van der Waals surface area contributed by atoms with Crippen molar-refractivity contribution in [2.45, 2.75) is 0 Å².